The average molecular weight is 269 g/mol. The third-order valence-corrected chi connectivity index (χ3v) is 3.77. The minimum absolute atomic E-state index is 0.422. The van der Waals surface area contributed by atoms with Gasteiger partial charge in [0, 0.05) is 0 Å². The molecule has 0 saturated heterocycles. The molecule has 0 aromatic carbocycles. The SMILES string of the molecule is Cc1cc(C(=O)C(C#N)C#N)sc1Br. The average Bonchev–Trinajstić information content (AvgIpc) is 2.49. The summed E-state index contributed by atoms with van der Waals surface area (Å²) < 4.78 is 0.857. The third kappa shape index (κ3) is 2.01. The van der Waals surface area contributed by atoms with E-state index in [1.165, 1.54) is 11.3 Å². The lowest BCUT2D eigenvalue weighted by Crippen LogP contribution is -2.08. The molecule has 1 aromatic heterocycles. The number of carbonyl (C=O) groups is 1. The number of hydrogen-bond acceptors (Lipinski definition) is 4. The van der Waals surface area contributed by atoms with Crippen molar-refractivity contribution in [3.63, 3.8) is 0 Å². The van der Waals surface area contributed by atoms with E-state index in [2.05, 4.69) is 15.9 Å². The summed E-state index contributed by atoms with van der Waals surface area (Å²) in [7, 11) is 0. The summed E-state index contributed by atoms with van der Waals surface area (Å²) in [4.78, 5) is 12.0. The first-order chi connectivity index (χ1) is 6.60. The molecule has 0 atom stereocenters. The molecular formula is C9H5BrN2OS. The van der Waals surface area contributed by atoms with Gasteiger partial charge in [-0.25, -0.2) is 0 Å². The van der Waals surface area contributed by atoms with Crippen LogP contribution in [0.15, 0.2) is 9.85 Å². The standard InChI is InChI=1S/C9H5BrN2OS/c1-5-2-7(14-9(5)10)8(13)6(3-11)4-12/h2,6H,1H3. The second-order valence-electron chi connectivity index (χ2n) is 2.62. The van der Waals surface area contributed by atoms with Gasteiger partial charge in [-0.05, 0) is 34.5 Å². The maximum absolute atomic E-state index is 11.5. The van der Waals surface area contributed by atoms with Gasteiger partial charge in [0.2, 0.25) is 5.78 Å². The second kappa shape index (κ2) is 4.36. The largest absolute Gasteiger partial charge is 0.291 e. The van der Waals surface area contributed by atoms with Crippen molar-refractivity contribution in [1.29, 1.82) is 10.5 Å². The molecular weight excluding hydrogens is 264 g/mol. The summed E-state index contributed by atoms with van der Waals surface area (Å²) in [6.45, 7) is 1.85. The molecule has 0 radical (unpaired) electrons. The van der Waals surface area contributed by atoms with Gasteiger partial charge in [0.25, 0.3) is 0 Å². The smallest absolute Gasteiger partial charge is 0.204 e. The molecule has 3 nitrogen and oxygen atoms in total. The van der Waals surface area contributed by atoms with Crippen LogP contribution in [-0.4, -0.2) is 5.78 Å². The fourth-order valence-electron chi connectivity index (χ4n) is 0.870. The topological polar surface area (TPSA) is 64.7 Å². The number of nitriles is 2. The molecule has 0 unspecified atom stereocenters. The molecule has 0 aliphatic carbocycles. The van der Waals surface area contributed by atoms with Crippen LogP contribution in [0, 0.1) is 35.5 Å². The normalized spacial score (nSPS) is 9.50. The van der Waals surface area contributed by atoms with Crippen molar-refractivity contribution in [2.24, 2.45) is 5.92 Å². The van der Waals surface area contributed by atoms with Crippen molar-refractivity contribution in [1.82, 2.24) is 0 Å². The molecule has 1 rings (SSSR count). The van der Waals surface area contributed by atoms with Gasteiger partial charge in [-0.2, -0.15) is 10.5 Å². The van der Waals surface area contributed by atoms with Crippen molar-refractivity contribution in [2.75, 3.05) is 0 Å². The zero-order valence-corrected chi connectivity index (χ0v) is 9.65. The molecule has 14 heavy (non-hydrogen) atoms. The van der Waals surface area contributed by atoms with Crippen LogP contribution in [-0.2, 0) is 0 Å². The summed E-state index contributed by atoms with van der Waals surface area (Å²) in [5.41, 5.74) is 0.938. The fourth-order valence-corrected chi connectivity index (χ4v) is 2.37. The van der Waals surface area contributed by atoms with Gasteiger partial charge in [-0.1, -0.05) is 0 Å². The van der Waals surface area contributed by atoms with Gasteiger partial charge in [0.15, 0.2) is 5.92 Å². The maximum atomic E-state index is 11.5. The highest BCUT2D eigenvalue weighted by molar-refractivity contribution is 9.11. The van der Waals surface area contributed by atoms with Gasteiger partial charge in [-0.3, -0.25) is 4.79 Å². The molecule has 0 saturated carbocycles. The van der Waals surface area contributed by atoms with E-state index in [4.69, 9.17) is 10.5 Å². The number of aryl methyl sites for hydroxylation is 1. The Morgan fingerprint density at radius 3 is 2.50 bits per heavy atom. The van der Waals surface area contributed by atoms with Crippen LogP contribution in [0.4, 0.5) is 0 Å². The lowest BCUT2D eigenvalue weighted by atomic mass is 10.1. The Morgan fingerprint density at radius 1 is 1.57 bits per heavy atom. The Labute approximate surface area is 93.7 Å². The summed E-state index contributed by atoms with van der Waals surface area (Å²) >= 11 is 4.52. The van der Waals surface area contributed by atoms with E-state index >= 15 is 0 Å². The van der Waals surface area contributed by atoms with Crippen molar-refractivity contribution in [3.05, 3.63) is 20.3 Å². The molecule has 5 heteroatoms. The van der Waals surface area contributed by atoms with E-state index in [9.17, 15) is 4.79 Å². The first-order valence-electron chi connectivity index (χ1n) is 3.69. The highest BCUT2D eigenvalue weighted by atomic mass is 79.9. The zero-order valence-electron chi connectivity index (χ0n) is 7.24. The molecule has 0 amide bonds. The van der Waals surface area contributed by atoms with Crippen LogP contribution >= 0.6 is 27.3 Å². The van der Waals surface area contributed by atoms with E-state index in [1.54, 1.807) is 18.2 Å². The van der Waals surface area contributed by atoms with Crippen molar-refractivity contribution in [2.45, 2.75) is 6.92 Å². The number of nitrogens with zero attached hydrogens (tertiary/aromatic N) is 2. The fraction of sp³-hybridized carbons (Fsp3) is 0.222. The highest BCUT2D eigenvalue weighted by Gasteiger charge is 2.21. The first-order valence-corrected chi connectivity index (χ1v) is 5.30. The van der Waals surface area contributed by atoms with Gasteiger partial charge in [0.1, 0.15) is 0 Å². The number of ketones is 1. The lowest BCUT2D eigenvalue weighted by molar-refractivity contribution is 0.0975. The lowest BCUT2D eigenvalue weighted by Gasteiger charge is -1.93. The molecule has 0 aliphatic rings. The number of thiophene rings is 1. The second-order valence-corrected chi connectivity index (χ2v) is 4.99. The summed E-state index contributed by atoms with van der Waals surface area (Å²) in [5.74, 6) is -1.62. The van der Waals surface area contributed by atoms with Gasteiger partial charge < -0.3 is 0 Å². The molecule has 0 N–H and O–H groups in total. The van der Waals surface area contributed by atoms with Gasteiger partial charge in [-0.15, -0.1) is 11.3 Å². The minimum atomic E-state index is -1.19. The Hall–Kier alpha value is -1.17. The molecule has 0 bridgehead atoms. The molecule has 0 spiro atoms. The predicted octanol–water partition coefficient (Wildman–Crippen LogP) is 2.67. The van der Waals surface area contributed by atoms with E-state index in [0.29, 0.717) is 4.88 Å². The number of halogens is 1. The Morgan fingerprint density at radius 2 is 2.14 bits per heavy atom. The molecule has 1 aromatic rings. The Bertz CT molecular complexity index is 419. The number of hydrogen-bond donors (Lipinski definition) is 0. The molecule has 1 heterocycles. The summed E-state index contributed by atoms with van der Waals surface area (Å²) in [6.07, 6.45) is 0. The first kappa shape index (κ1) is 10.9. The van der Waals surface area contributed by atoms with E-state index < -0.39 is 11.7 Å². The van der Waals surface area contributed by atoms with Crippen molar-refractivity contribution < 1.29 is 4.79 Å². The molecule has 0 aliphatic heterocycles. The predicted molar refractivity (Wildman–Crippen MR) is 55.8 cm³/mol. The quantitative estimate of drug-likeness (QED) is 0.775. The van der Waals surface area contributed by atoms with Crippen LogP contribution in [0.25, 0.3) is 0 Å². The van der Waals surface area contributed by atoms with E-state index in [0.717, 1.165) is 9.35 Å². The number of Topliss-reactive ketones (excluding diaryl/α,β-unsaturated/α-hetero) is 1. The van der Waals surface area contributed by atoms with Crippen LogP contribution in [0.1, 0.15) is 15.2 Å². The van der Waals surface area contributed by atoms with Crippen LogP contribution < -0.4 is 0 Å². The molecule has 0 fully saturated rings. The van der Waals surface area contributed by atoms with Crippen LogP contribution in [0.3, 0.4) is 0 Å². The highest BCUT2D eigenvalue weighted by Crippen LogP contribution is 2.28. The van der Waals surface area contributed by atoms with Crippen LogP contribution in [0.5, 0.6) is 0 Å². The Balaban J connectivity index is 3.03. The summed E-state index contributed by atoms with van der Waals surface area (Å²) in [5, 5.41) is 17.1. The third-order valence-electron chi connectivity index (χ3n) is 1.62. The number of carbonyl (C=O) groups excluding carboxylic acids is 1. The molecule has 70 valence electrons. The van der Waals surface area contributed by atoms with Crippen molar-refractivity contribution in [3.8, 4) is 12.1 Å². The maximum Gasteiger partial charge on any atom is 0.204 e. The van der Waals surface area contributed by atoms with Crippen molar-refractivity contribution >= 4 is 33.0 Å². The number of rotatable bonds is 2. The van der Waals surface area contributed by atoms with Gasteiger partial charge in [0.05, 0.1) is 20.8 Å². The van der Waals surface area contributed by atoms with Gasteiger partial charge >= 0.3 is 0 Å². The minimum Gasteiger partial charge on any atom is -0.291 e. The van der Waals surface area contributed by atoms with E-state index in [1.807, 2.05) is 6.92 Å². The zero-order chi connectivity index (χ0) is 10.7. The monoisotopic (exact) mass is 268 g/mol. The summed E-state index contributed by atoms with van der Waals surface area (Å²) in [6, 6.07) is 5.00. The Kier molecular flexibility index (Phi) is 3.40. The van der Waals surface area contributed by atoms with Crippen LogP contribution in [0.2, 0.25) is 0 Å². The van der Waals surface area contributed by atoms with E-state index in [-0.39, 0.29) is 0 Å².